The van der Waals surface area contributed by atoms with Crippen LogP contribution in [0.15, 0.2) is 29.4 Å². The molecule has 1 aromatic carbocycles. The maximum Gasteiger partial charge on any atom is 0.295 e. The van der Waals surface area contributed by atoms with E-state index in [1.165, 1.54) is 17.8 Å². The summed E-state index contributed by atoms with van der Waals surface area (Å²) in [7, 11) is -3.96. The summed E-state index contributed by atoms with van der Waals surface area (Å²) in [6.07, 6.45) is 3.09. The van der Waals surface area contributed by atoms with Crippen LogP contribution in [0.5, 0.6) is 0 Å². The van der Waals surface area contributed by atoms with Crippen LogP contribution in [0.4, 0.5) is 5.69 Å². The van der Waals surface area contributed by atoms with Gasteiger partial charge in [0, 0.05) is 17.8 Å². The summed E-state index contributed by atoms with van der Waals surface area (Å²) in [5.74, 6) is 0. The van der Waals surface area contributed by atoms with Crippen LogP contribution in [0.1, 0.15) is 11.1 Å². The Balaban J connectivity index is 2.84. The minimum Gasteiger partial charge on any atom is -0.258 e. The second-order valence-corrected chi connectivity index (χ2v) is 5.85. The molecule has 0 unspecified atom stereocenters. The molecule has 20 heavy (non-hydrogen) atoms. The number of rotatable bonds is 3. The normalized spacial score (nSPS) is 11.6. The molecule has 1 heterocycles. The molecule has 0 saturated carbocycles. The monoisotopic (exact) mass is 296 g/mol. The van der Waals surface area contributed by atoms with Gasteiger partial charge in [0.25, 0.3) is 5.69 Å². The predicted octanol–water partition coefficient (Wildman–Crippen LogP) is 1.04. The lowest BCUT2D eigenvalue weighted by atomic mass is 10.1. The molecule has 9 heteroatoms. The van der Waals surface area contributed by atoms with Gasteiger partial charge in [-0.05, 0) is 25.5 Å². The summed E-state index contributed by atoms with van der Waals surface area (Å²) in [5, 5.41) is 20.2. The smallest absolute Gasteiger partial charge is 0.258 e. The molecule has 1 aromatic heterocycles. The molecule has 0 atom stereocenters. The summed E-state index contributed by atoms with van der Waals surface area (Å²) in [5.41, 5.74) is 0.831. The number of benzene rings is 1. The topological polar surface area (TPSA) is 121 Å². The molecule has 2 N–H and O–H groups in total. The number of nitro groups is 1. The first kappa shape index (κ1) is 14.2. The van der Waals surface area contributed by atoms with Crippen LogP contribution >= 0.6 is 0 Å². The standard InChI is InChI=1S/C11H12N4O4S/c1-7-5-13-14(6-7)11-8(2)10(20(12,18)19)4-3-9(11)15(16)17/h3-6H,1-2H3,(H2,12,18,19). The van der Waals surface area contributed by atoms with Gasteiger partial charge in [0.05, 0.1) is 16.0 Å². The van der Waals surface area contributed by atoms with Gasteiger partial charge in [-0.3, -0.25) is 10.1 Å². The van der Waals surface area contributed by atoms with E-state index in [9.17, 15) is 18.5 Å². The van der Waals surface area contributed by atoms with Crippen LogP contribution in [0.2, 0.25) is 0 Å². The molecule has 2 rings (SSSR count). The van der Waals surface area contributed by atoms with Crippen molar-refractivity contribution >= 4 is 15.7 Å². The summed E-state index contributed by atoms with van der Waals surface area (Å²) >= 11 is 0. The number of nitro benzene ring substituents is 1. The SMILES string of the molecule is Cc1cnn(-c2c([N+](=O)[O-])ccc(S(N)(=O)=O)c2C)c1. The molecule has 0 aliphatic rings. The van der Waals surface area contributed by atoms with Crippen molar-refractivity contribution in [2.24, 2.45) is 5.14 Å². The first-order valence-corrected chi connectivity index (χ1v) is 7.09. The Bertz CT molecular complexity index is 795. The molecular weight excluding hydrogens is 284 g/mol. The molecule has 0 aliphatic heterocycles. The van der Waals surface area contributed by atoms with Crippen LogP contribution in [0.25, 0.3) is 5.69 Å². The van der Waals surface area contributed by atoms with Crippen molar-refractivity contribution in [3.8, 4) is 5.69 Å². The highest BCUT2D eigenvalue weighted by Gasteiger charge is 2.24. The van der Waals surface area contributed by atoms with E-state index < -0.39 is 14.9 Å². The van der Waals surface area contributed by atoms with E-state index in [1.807, 2.05) is 0 Å². The molecule has 0 saturated heterocycles. The van der Waals surface area contributed by atoms with Crippen LogP contribution < -0.4 is 5.14 Å². The van der Waals surface area contributed by atoms with Crippen LogP contribution in [0, 0.1) is 24.0 Å². The minimum atomic E-state index is -3.96. The highest BCUT2D eigenvalue weighted by atomic mass is 32.2. The van der Waals surface area contributed by atoms with Gasteiger partial charge in [-0.2, -0.15) is 5.10 Å². The third kappa shape index (κ3) is 2.40. The van der Waals surface area contributed by atoms with Crippen molar-refractivity contribution in [2.45, 2.75) is 18.7 Å². The number of primary sulfonamides is 1. The van der Waals surface area contributed by atoms with Gasteiger partial charge in [0.15, 0.2) is 0 Å². The largest absolute Gasteiger partial charge is 0.295 e. The molecule has 2 aromatic rings. The molecule has 106 valence electrons. The Morgan fingerprint density at radius 1 is 1.35 bits per heavy atom. The Hall–Kier alpha value is -2.26. The molecule has 0 fully saturated rings. The zero-order valence-corrected chi connectivity index (χ0v) is 11.6. The zero-order valence-electron chi connectivity index (χ0n) is 10.8. The van der Waals surface area contributed by atoms with Gasteiger partial charge in [-0.15, -0.1) is 0 Å². The molecule has 0 bridgehead atoms. The van der Waals surface area contributed by atoms with Gasteiger partial charge in [-0.25, -0.2) is 18.2 Å². The van der Waals surface area contributed by atoms with Gasteiger partial charge in [-0.1, -0.05) is 0 Å². The number of aryl methyl sites for hydroxylation is 1. The van der Waals surface area contributed by atoms with E-state index in [2.05, 4.69) is 5.10 Å². The highest BCUT2D eigenvalue weighted by Crippen LogP contribution is 2.30. The molecule has 0 aliphatic carbocycles. The van der Waals surface area contributed by atoms with E-state index in [-0.39, 0.29) is 21.8 Å². The average molecular weight is 296 g/mol. The molecule has 0 radical (unpaired) electrons. The van der Waals surface area contributed by atoms with E-state index in [1.54, 1.807) is 13.1 Å². The number of nitrogens with two attached hydrogens (primary N) is 1. The Kier molecular flexibility index (Phi) is 3.32. The molecule has 0 amide bonds. The molecule has 8 nitrogen and oxygen atoms in total. The average Bonchev–Trinajstić information content (AvgIpc) is 2.73. The lowest BCUT2D eigenvalue weighted by Gasteiger charge is -2.10. The third-order valence-electron chi connectivity index (χ3n) is 2.80. The Morgan fingerprint density at radius 2 is 2.00 bits per heavy atom. The van der Waals surface area contributed by atoms with Gasteiger partial charge < -0.3 is 0 Å². The van der Waals surface area contributed by atoms with Crippen LogP contribution in [-0.2, 0) is 10.0 Å². The third-order valence-corrected chi connectivity index (χ3v) is 3.86. The highest BCUT2D eigenvalue weighted by molar-refractivity contribution is 7.89. The fraction of sp³-hybridized carbons (Fsp3) is 0.182. The quantitative estimate of drug-likeness (QED) is 0.670. The first-order chi connectivity index (χ1) is 9.21. The summed E-state index contributed by atoms with van der Waals surface area (Å²) in [4.78, 5) is 10.3. The summed E-state index contributed by atoms with van der Waals surface area (Å²) < 4.78 is 24.3. The van der Waals surface area contributed by atoms with Crippen LogP contribution in [0.3, 0.4) is 0 Å². The fourth-order valence-electron chi connectivity index (χ4n) is 1.95. The summed E-state index contributed by atoms with van der Waals surface area (Å²) in [6, 6.07) is 2.24. The zero-order chi connectivity index (χ0) is 15.1. The molecule has 0 spiro atoms. The van der Waals surface area contributed by atoms with E-state index in [0.717, 1.165) is 17.7 Å². The lowest BCUT2D eigenvalue weighted by molar-refractivity contribution is -0.384. The van der Waals surface area contributed by atoms with Gasteiger partial charge >= 0.3 is 0 Å². The van der Waals surface area contributed by atoms with Crippen molar-refractivity contribution in [3.05, 3.63) is 45.8 Å². The van der Waals surface area contributed by atoms with Crippen molar-refractivity contribution in [2.75, 3.05) is 0 Å². The lowest BCUT2D eigenvalue weighted by Crippen LogP contribution is -2.15. The van der Waals surface area contributed by atoms with Crippen molar-refractivity contribution in [3.63, 3.8) is 0 Å². The van der Waals surface area contributed by atoms with Crippen molar-refractivity contribution in [1.82, 2.24) is 9.78 Å². The maximum atomic E-state index is 11.5. The van der Waals surface area contributed by atoms with E-state index in [0.29, 0.717) is 0 Å². The van der Waals surface area contributed by atoms with Gasteiger partial charge in [0.1, 0.15) is 5.69 Å². The number of sulfonamides is 1. The fourth-order valence-corrected chi connectivity index (χ4v) is 2.73. The van der Waals surface area contributed by atoms with E-state index in [4.69, 9.17) is 5.14 Å². The second kappa shape index (κ2) is 4.69. The number of hydrogen-bond donors (Lipinski definition) is 1. The van der Waals surface area contributed by atoms with Crippen LogP contribution in [-0.4, -0.2) is 23.1 Å². The number of aromatic nitrogens is 2. The minimum absolute atomic E-state index is 0.0922. The van der Waals surface area contributed by atoms with Gasteiger partial charge in [0.2, 0.25) is 10.0 Å². The van der Waals surface area contributed by atoms with Crippen molar-refractivity contribution < 1.29 is 13.3 Å². The summed E-state index contributed by atoms with van der Waals surface area (Å²) in [6.45, 7) is 3.23. The number of hydrogen-bond acceptors (Lipinski definition) is 5. The maximum absolute atomic E-state index is 11.5. The first-order valence-electron chi connectivity index (χ1n) is 5.54. The molecular formula is C11H12N4O4S. The van der Waals surface area contributed by atoms with E-state index >= 15 is 0 Å². The predicted molar refractivity (Wildman–Crippen MR) is 71.1 cm³/mol. The Morgan fingerprint density at radius 3 is 2.45 bits per heavy atom. The number of nitrogens with zero attached hydrogens (tertiary/aromatic N) is 3. The van der Waals surface area contributed by atoms with Crippen molar-refractivity contribution in [1.29, 1.82) is 0 Å². The second-order valence-electron chi connectivity index (χ2n) is 4.32. The Labute approximate surface area is 115 Å².